The summed E-state index contributed by atoms with van der Waals surface area (Å²) in [5.74, 6) is 1.65. The lowest BCUT2D eigenvalue weighted by Gasteiger charge is -2.56. The van der Waals surface area contributed by atoms with E-state index in [-0.39, 0.29) is 0 Å². The van der Waals surface area contributed by atoms with Gasteiger partial charge < -0.3 is 4.84 Å². The summed E-state index contributed by atoms with van der Waals surface area (Å²) in [5, 5.41) is 4.11. The van der Waals surface area contributed by atoms with Crippen LogP contribution in [-0.2, 0) is 4.84 Å². The van der Waals surface area contributed by atoms with E-state index in [1.165, 1.54) is 18.6 Å². The lowest BCUT2D eigenvalue weighted by atomic mass is 9.48. The Morgan fingerprint density at radius 1 is 1.50 bits per heavy atom. The van der Waals surface area contributed by atoms with Gasteiger partial charge in [-0.25, -0.2) is 0 Å². The average Bonchev–Trinajstić information content (AvgIpc) is 2.05. The molecule has 12 heavy (non-hydrogen) atoms. The van der Waals surface area contributed by atoms with E-state index in [1.807, 2.05) is 0 Å². The number of hydrogen-bond donors (Lipinski definition) is 0. The van der Waals surface area contributed by atoms with Crippen molar-refractivity contribution in [3.8, 4) is 0 Å². The predicted octanol–water partition coefficient (Wildman–Crippen LogP) is 2.44. The molecule has 0 N–H and O–H groups in total. The van der Waals surface area contributed by atoms with Gasteiger partial charge in [-0.05, 0) is 30.6 Å². The van der Waals surface area contributed by atoms with Gasteiger partial charge in [-0.1, -0.05) is 19.0 Å². The van der Waals surface area contributed by atoms with E-state index in [2.05, 4.69) is 19.0 Å². The quantitative estimate of drug-likeness (QED) is 0.550. The summed E-state index contributed by atoms with van der Waals surface area (Å²) < 4.78 is 0. The molecule has 3 aliphatic rings. The largest absolute Gasteiger partial charge is 0.399 e. The molecule has 3 fully saturated rings. The van der Waals surface area contributed by atoms with E-state index < -0.39 is 0 Å². The Morgan fingerprint density at radius 3 is 2.75 bits per heavy atom. The van der Waals surface area contributed by atoms with Crippen molar-refractivity contribution in [2.24, 2.45) is 22.4 Å². The summed E-state index contributed by atoms with van der Waals surface area (Å²) in [5.41, 5.74) is 1.79. The van der Waals surface area contributed by atoms with Gasteiger partial charge in [0.2, 0.25) is 0 Å². The molecule has 0 heterocycles. The van der Waals surface area contributed by atoms with Gasteiger partial charge in [0.05, 0.1) is 5.71 Å². The Labute approximate surface area is 74.0 Å². The van der Waals surface area contributed by atoms with Gasteiger partial charge in [0.15, 0.2) is 0 Å². The molecule has 0 aromatic heterocycles. The lowest BCUT2D eigenvalue weighted by molar-refractivity contribution is -0.00197. The molecule has 2 unspecified atom stereocenters. The third-order valence-electron chi connectivity index (χ3n) is 3.83. The molecule has 0 radical (unpaired) electrons. The third kappa shape index (κ3) is 0.900. The third-order valence-corrected chi connectivity index (χ3v) is 3.83. The van der Waals surface area contributed by atoms with Gasteiger partial charge in [-0.3, -0.25) is 0 Å². The molecule has 3 aliphatic carbocycles. The Kier molecular flexibility index (Phi) is 1.67. The highest BCUT2D eigenvalue weighted by molar-refractivity contribution is 5.89. The van der Waals surface area contributed by atoms with Crippen molar-refractivity contribution >= 4 is 5.71 Å². The monoisotopic (exact) mass is 167 g/mol. The Hall–Kier alpha value is -0.530. The van der Waals surface area contributed by atoms with E-state index in [0.29, 0.717) is 11.3 Å². The van der Waals surface area contributed by atoms with Crippen LogP contribution in [0.3, 0.4) is 0 Å². The average molecular weight is 167 g/mol. The lowest BCUT2D eigenvalue weighted by Crippen LogP contribution is -2.52. The van der Waals surface area contributed by atoms with Crippen molar-refractivity contribution in [1.82, 2.24) is 0 Å². The van der Waals surface area contributed by atoms with Crippen molar-refractivity contribution in [2.45, 2.75) is 33.1 Å². The SMILES string of the molecule is CO/N=C1/CCC2CC1C2(C)C. The normalized spacial score (nSPS) is 40.8. The van der Waals surface area contributed by atoms with Gasteiger partial charge >= 0.3 is 0 Å². The molecule has 0 amide bonds. The van der Waals surface area contributed by atoms with E-state index in [0.717, 1.165) is 12.3 Å². The van der Waals surface area contributed by atoms with Crippen LogP contribution in [0, 0.1) is 17.3 Å². The van der Waals surface area contributed by atoms with Crippen molar-refractivity contribution in [1.29, 1.82) is 0 Å². The summed E-state index contributed by atoms with van der Waals surface area (Å²) in [6, 6.07) is 0. The first-order valence-electron chi connectivity index (χ1n) is 4.76. The maximum absolute atomic E-state index is 4.86. The summed E-state index contributed by atoms with van der Waals surface area (Å²) in [6.45, 7) is 4.71. The first kappa shape index (κ1) is 8.09. The fraction of sp³-hybridized carbons (Fsp3) is 0.900. The van der Waals surface area contributed by atoms with E-state index >= 15 is 0 Å². The molecule has 2 bridgehead atoms. The van der Waals surface area contributed by atoms with E-state index in [1.54, 1.807) is 7.11 Å². The number of hydrogen-bond acceptors (Lipinski definition) is 2. The highest BCUT2D eigenvalue weighted by Crippen LogP contribution is 2.57. The molecule has 0 aromatic rings. The topological polar surface area (TPSA) is 21.6 Å². The molecule has 3 rings (SSSR count). The number of oxime groups is 1. The van der Waals surface area contributed by atoms with Crippen LogP contribution in [0.25, 0.3) is 0 Å². The summed E-state index contributed by atoms with van der Waals surface area (Å²) in [7, 11) is 1.64. The molecule has 0 spiro atoms. The second-order valence-corrected chi connectivity index (χ2v) is 4.61. The zero-order valence-electron chi connectivity index (χ0n) is 8.13. The number of fused-ring (bicyclic) bond motifs is 2. The summed E-state index contributed by atoms with van der Waals surface area (Å²) in [4.78, 5) is 4.86. The fourth-order valence-corrected chi connectivity index (χ4v) is 2.79. The molecule has 0 aliphatic heterocycles. The second kappa shape index (κ2) is 2.48. The summed E-state index contributed by atoms with van der Waals surface area (Å²) in [6.07, 6.45) is 3.81. The van der Waals surface area contributed by atoms with Crippen molar-refractivity contribution in [3.05, 3.63) is 0 Å². The van der Waals surface area contributed by atoms with Crippen molar-refractivity contribution in [2.75, 3.05) is 7.11 Å². The molecule has 0 saturated heterocycles. The zero-order chi connectivity index (χ0) is 8.77. The van der Waals surface area contributed by atoms with Gasteiger partial charge in [0, 0.05) is 5.92 Å². The van der Waals surface area contributed by atoms with E-state index in [4.69, 9.17) is 4.84 Å². The molecule has 2 nitrogen and oxygen atoms in total. The Morgan fingerprint density at radius 2 is 2.25 bits per heavy atom. The molecule has 68 valence electrons. The van der Waals surface area contributed by atoms with Crippen LogP contribution < -0.4 is 0 Å². The minimum atomic E-state index is 0.496. The Balaban J connectivity index is 2.16. The van der Waals surface area contributed by atoms with Crippen LogP contribution in [-0.4, -0.2) is 12.8 Å². The highest BCUT2D eigenvalue weighted by Gasteiger charge is 2.53. The molecule has 2 heteroatoms. The molecule has 0 aromatic carbocycles. The highest BCUT2D eigenvalue weighted by atomic mass is 16.6. The summed E-state index contributed by atoms with van der Waals surface area (Å²) >= 11 is 0. The van der Waals surface area contributed by atoms with E-state index in [9.17, 15) is 0 Å². The van der Waals surface area contributed by atoms with Gasteiger partial charge in [0.25, 0.3) is 0 Å². The second-order valence-electron chi connectivity index (χ2n) is 4.61. The van der Waals surface area contributed by atoms with Crippen LogP contribution in [0.2, 0.25) is 0 Å². The minimum Gasteiger partial charge on any atom is -0.399 e. The van der Waals surface area contributed by atoms with Gasteiger partial charge in [0.1, 0.15) is 7.11 Å². The first-order valence-corrected chi connectivity index (χ1v) is 4.76. The predicted molar refractivity (Wildman–Crippen MR) is 49.1 cm³/mol. The standard InChI is InChI=1S/C10H17NO/c1-10(2)7-4-5-9(11-12-3)8(10)6-7/h7-8H,4-6H2,1-3H3/b11-9-. The van der Waals surface area contributed by atoms with Crippen LogP contribution in [0.4, 0.5) is 0 Å². The molecular weight excluding hydrogens is 150 g/mol. The fourth-order valence-electron chi connectivity index (χ4n) is 2.79. The van der Waals surface area contributed by atoms with Gasteiger partial charge in [-0.2, -0.15) is 0 Å². The smallest absolute Gasteiger partial charge is 0.106 e. The Bertz CT molecular complexity index is 218. The number of nitrogens with zero attached hydrogens (tertiary/aromatic N) is 1. The van der Waals surface area contributed by atoms with Crippen molar-refractivity contribution < 1.29 is 4.84 Å². The maximum atomic E-state index is 4.86. The zero-order valence-corrected chi connectivity index (χ0v) is 8.13. The van der Waals surface area contributed by atoms with Crippen LogP contribution in [0.5, 0.6) is 0 Å². The van der Waals surface area contributed by atoms with Crippen LogP contribution >= 0.6 is 0 Å². The minimum absolute atomic E-state index is 0.496. The number of rotatable bonds is 1. The molecular formula is C10H17NO. The van der Waals surface area contributed by atoms with Crippen LogP contribution in [0.1, 0.15) is 33.1 Å². The van der Waals surface area contributed by atoms with Crippen molar-refractivity contribution in [3.63, 3.8) is 0 Å². The van der Waals surface area contributed by atoms with Gasteiger partial charge in [-0.15, -0.1) is 0 Å². The maximum Gasteiger partial charge on any atom is 0.106 e. The first-order chi connectivity index (χ1) is 5.66. The molecule has 2 atom stereocenters. The van der Waals surface area contributed by atoms with Crippen LogP contribution in [0.15, 0.2) is 5.16 Å². The molecule has 3 saturated carbocycles.